The second-order valence-corrected chi connectivity index (χ2v) is 6.48. The van der Waals surface area contributed by atoms with Gasteiger partial charge in [-0.25, -0.2) is 0 Å². The number of allylic oxidation sites excluding steroid dienone is 2. The first-order valence-corrected chi connectivity index (χ1v) is 7.87. The Kier molecular flexibility index (Phi) is 4.32. The number of amides is 2. The standard InChI is InChI=1S/C17H19ClN2O2/c1-19(10-12-6-8-13(18)9-7-12)11-20-16(21)14-4-2-3-5-15(14)17(20)22/h2-3,6-9,14-15H,4-5,10-11H2,1H3/t14-,15+. The monoisotopic (exact) mass is 318 g/mol. The molecule has 1 fully saturated rings. The Morgan fingerprint density at radius 1 is 1.09 bits per heavy atom. The number of nitrogens with zero attached hydrogens (tertiary/aromatic N) is 2. The molecule has 2 aliphatic rings. The van der Waals surface area contributed by atoms with E-state index in [0.29, 0.717) is 31.1 Å². The van der Waals surface area contributed by atoms with E-state index in [0.717, 1.165) is 5.56 Å². The highest BCUT2D eigenvalue weighted by molar-refractivity contribution is 6.30. The number of hydrogen-bond donors (Lipinski definition) is 0. The molecule has 0 unspecified atom stereocenters. The first-order valence-electron chi connectivity index (χ1n) is 7.49. The highest BCUT2D eigenvalue weighted by atomic mass is 35.5. The lowest BCUT2D eigenvalue weighted by atomic mass is 9.85. The van der Waals surface area contributed by atoms with Gasteiger partial charge in [0, 0.05) is 11.6 Å². The minimum Gasteiger partial charge on any atom is -0.284 e. The Morgan fingerprint density at radius 2 is 1.64 bits per heavy atom. The van der Waals surface area contributed by atoms with E-state index in [1.54, 1.807) is 0 Å². The predicted octanol–water partition coefficient (Wildman–Crippen LogP) is 2.68. The number of carbonyl (C=O) groups is 2. The predicted molar refractivity (Wildman–Crippen MR) is 85.0 cm³/mol. The molecule has 1 saturated heterocycles. The van der Waals surface area contributed by atoms with Crippen molar-refractivity contribution in [2.24, 2.45) is 11.8 Å². The van der Waals surface area contributed by atoms with Crippen molar-refractivity contribution in [1.29, 1.82) is 0 Å². The van der Waals surface area contributed by atoms with Crippen LogP contribution in [0, 0.1) is 11.8 Å². The van der Waals surface area contributed by atoms with Gasteiger partial charge in [0.15, 0.2) is 0 Å². The molecule has 2 amide bonds. The Labute approximate surface area is 135 Å². The fourth-order valence-electron chi connectivity index (χ4n) is 3.20. The molecule has 0 radical (unpaired) electrons. The summed E-state index contributed by atoms with van der Waals surface area (Å²) in [5.41, 5.74) is 1.10. The molecule has 4 nitrogen and oxygen atoms in total. The van der Waals surface area contributed by atoms with Gasteiger partial charge in [0.1, 0.15) is 0 Å². The second kappa shape index (κ2) is 6.23. The van der Waals surface area contributed by atoms with Gasteiger partial charge in [0.05, 0.1) is 18.5 Å². The normalized spacial score (nSPS) is 24.2. The lowest BCUT2D eigenvalue weighted by Gasteiger charge is -2.23. The van der Waals surface area contributed by atoms with Crippen LogP contribution in [0.5, 0.6) is 0 Å². The van der Waals surface area contributed by atoms with Crippen molar-refractivity contribution in [2.45, 2.75) is 19.4 Å². The third-order valence-corrected chi connectivity index (χ3v) is 4.60. The van der Waals surface area contributed by atoms with E-state index in [1.165, 1.54) is 4.90 Å². The average Bonchev–Trinajstić information content (AvgIpc) is 2.75. The van der Waals surface area contributed by atoms with Gasteiger partial charge < -0.3 is 0 Å². The van der Waals surface area contributed by atoms with Gasteiger partial charge in [0.2, 0.25) is 11.8 Å². The maximum Gasteiger partial charge on any atom is 0.234 e. The first kappa shape index (κ1) is 15.3. The highest BCUT2D eigenvalue weighted by Crippen LogP contribution is 2.35. The molecule has 1 aliphatic carbocycles. The quantitative estimate of drug-likeness (QED) is 0.633. The number of carbonyl (C=O) groups excluding carboxylic acids is 2. The van der Waals surface area contributed by atoms with Crippen molar-refractivity contribution >= 4 is 23.4 Å². The van der Waals surface area contributed by atoms with E-state index in [9.17, 15) is 9.59 Å². The summed E-state index contributed by atoms with van der Waals surface area (Å²) in [5.74, 6) is -0.354. The van der Waals surface area contributed by atoms with Crippen molar-refractivity contribution in [3.63, 3.8) is 0 Å². The number of likely N-dealkylation sites (tertiary alicyclic amines) is 1. The summed E-state index contributed by atoms with van der Waals surface area (Å²) >= 11 is 5.88. The molecule has 3 rings (SSSR count). The third kappa shape index (κ3) is 2.94. The fraction of sp³-hybridized carbons (Fsp3) is 0.412. The SMILES string of the molecule is CN(Cc1ccc(Cl)cc1)CN1C(=O)[C@H]2CC=CC[C@H]2C1=O. The highest BCUT2D eigenvalue weighted by Gasteiger charge is 2.47. The molecule has 1 heterocycles. The maximum absolute atomic E-state index is 12.4. The third-order valence-electron chi connectivity index (χ3n) is 4.35. The van der Waals surface area contributed by atoms with Crippen LogP contribution in [0.3, 0.4) is 0 Å². The number of hydrogen-bond acceptors (Lipinski definition) is 3. The van der Waals surface area contributed by atoms with E-state index >= 15 is 0 Å². The molecule has 5 heteroatoms. The molecule has 0 spiro atoms. The Bertz CT molecular complexity index is 586. The van der Waals surface area contributed by atoms with Gasteiger partial charge in [-0.3, -0.25) is 19.4 Å². The first-order chi connectivity index (χ1) is 10.6. The minimum atomic E-state index is -0.151. The van der Waals surface area contributed by atoms with Crippen LogP contribution in [0.2, 0.25) is 5.02 Å². The Hall–Kier alpha value is -1.65. The van der Waals surface area contributed by atoms with E-state index < -0.39 is 0 Å². The number of rotatable bonds is 4. The molecule has 116 valence electrons. The van der Waals surface area contributed by atoms with Gasteiger partial charge in [-0.1, -0.05) is 35.9 Å². The van der Waals surface area contributed by atoms with E-state index in [-0.39, 0.29) is 23.7 Å². The van der Waals surface area contributed by atoms with E-state index in [1.807, 2.05) is 48.4 Å². The molecule has 0 N–H and O–H groups in total. The van der Waals surface area contributed by atoms with Crippen LogP contribution in [0.15, 0.2) is 36.4 Å². The minimum absolute atomic E-state index is 0.0256. The van der Waals surface area contributed by atoms with E-state index in [4.69, 9.17) is 11.6 Å². The van der Waals surface area contributed by atoms with Crippen LogP contribution in [-0.4, -0.2) is 35.3 Å². The van der Waals surface area contributed by atoms with Crippen molar-refractivity contribution in [3.8, 4) is 0 Å². The molecular weight excluding hydrogens is 300 g/mol. The van der Waals surface area contributed by atoms with Crippen molar-refractivity contribution < 1.29 is 9.59 Å². The van der Waals surface area contributed by atoms with Gasteiger partial charge in [-0.05, 0) is 37.6 Å². The molecule has 0 bridgehead atoms. The van der Waals surface area contributed by atoms with Crippen molar-refractivity contribution in [1.82, 2.24) is 9.80 Å². The average molecular weight is 319 g/mol. The second-order valence-electron chi connectivity index (χ2n) is 6.04. The van der Waals surface area contributed by atoms with Crippen LogP contribution in [-0.2, 0) is 16.1 Å². The number of halogens is 1. The molecule has 22 heavy (non-hydrogen) atoms. The van der Waals surface area contributed by atoms with Crippen LogP contribution in [0.1, 0.15) is 18.4 Å². The topological polar surface area (TPSA) is 40.6 Å². The smallest absolute Gasteiger partial charge is 0.234 e. The molecule has 0 saturated carbocycles. The van der Waals surface area contributed by atoms with E-state index in [2.05, 4.69) is 0 Å². The van der Waals surface area contributed by atoms with Gasteiger partial charge in [0.25, 0.3) is 0 Å². The molecule has 1 aromatic carbocycles. The lowest BCUT2D eigenvalue weighted by molar-refractivity contribution is -0.142. The van der Waals surface area contributed by atoms with Gasteiger partial charge in [-0.2, -0.15) is 0 Å². The summed E-state index contributed by atoms with van der Waals surface area (Å²) in [6.07, 6.45) is 5.39. The fourth-order valence-corrected chi connectivity index (χ4v) is 3.33. The Balaban J connectivity index is 1.64. The number of imide groups is 1. The summed E-state index contributed by atoms with van der Waals surface area (Å²) in [7, 11) is 1.91. The zero-order valence-corrected chi connectivity index (χ0v) is 13.3. The molecular formula is C17H19ClN2O2. The summed E-state index contributed by atoms with van der Waals surface area (Å²) in [6.45, 7) is 1.01. The summed E-state index contributed by atoms with van der Waals surface area (Å²) in [6, 6.07) is 7.60. The molecule has 2 atom stereocenters. The van der Waals surface area contributed by atoms with Crippen LogP contribution < -0.4 is 0 Å². The summed E-state index contributed by atoms with van der Waals surface area (Å²) in [4.78, 5) is 28.2. The molecule has 1 aromatic rings. The van der Waals surface area contributed by atoms with Crippen LogP contribution >= 0.6 is 11.6 Å². The Morgan fingerprint density at radius 3 is 2.18 bits per heavy atom. The zero-order chi connectivity index (χ0) is 15.7. The molecule has 0 aromatic heterocycles. The lowest BCUT2D eigenvalue weighted by Crippen LogP contribution is -2.40. The largest absolute Gasteiger partial charge is 0.284 e. The van der Waals surface area contributed by atoms with Gasteiger partial charge in [-0.15, -0.1) is 0 Å². The van der Waals surface area contributed by atoms with Crippen LogP contribution in [0.25, 0.3) is 0 Å². The zero-order valence-electron chi connectivity index (χ0n) is 12.5. The maximum atomic E-state index is 12.4. The summed E-state index contributed by atoms with van der Waals surface area (Å²) < 4.78 is 0. The number of benzene rings is 1. The number of fused-ring (bicyclic) bond motifs is 1. The van der Waals surface area contributed by atoms with Crippen molar-refractivity contribution in [3.05, 3.63) is 47.0 Å². The van der Waals surface area contributed by atoms with Crippen LogP contribution in [0.4, 0.5) is 0 Å². The van der Waals surface area contributed by atoms with Gasteiger partial charge >= 0.3 is 0 Å². The molecule has 1 aliphatic heterocycles. The summed E-state index contributed by atoms with van der Waals surface area (Å²) in [5, 5.41) is 0.702. The van der Waals surface area contributed by atoms with Crippen molar-refractivity contribution in [2.75, 3.05) is 13.7 Å².